The van der Waals surface area contributed by atoms with Gasteiger partial charge in [-0.3, -0.25) is 10.1 Å². The van der Waals surface area contributed by atoms with Crippen molar-refractivity contribution in [3.8, 4) is 0 Å². The molecule has 0 bridgehead atoms. The van der Waals surface area contributed by atoms with E-state index in [2.05, 4.69) is 27.5 Å². The van der Waals surface area contributed by atoms with Gasteiger partial charge < -0.3 is 10.6 Å². The molecule has 0 amide bonds. The lowest BCUT2D eigenvalue weighted by Crippen LogP contribution is -2.05. The highest BCUT2D eigenvalue weighted by Crippen LogP contribution is 2.36. The number of benzene rings is 2. The molecule has 7 nitrogen and oxygen atoms in total. The number of rotatable bonds is 6. The van der Waals surface area contributed by atoms with Crippen LogP contribution in [0.1, 0.15) is 12.5 Å². The number of aryl methyl sites for hydroxylation is 1. The molecule has 2 aromatic carbocycles. The first kappa shape index (κ1) is 18.9. The zero-order chi connectivity index (χ0) is 19.4. The molecule has 3 rings (SSSR count). The Morgan fingerprint density at radius 2 is 1.70 bits per heavy atom. The third-order valence-corrected chi connectivity index (χ3v) is 4.65. The van der Waals surface area contributed by atoms with Crippen molar-refractivity contribution in [1.82, 2.24) is 9.97 Å². The van der Waals surface area contributed by atoms with Crippen molar-refractivity contribution in [3.63, 3.8) is 0 Å². The lowest BCUT2D eigenvalue weighted by atomic mass is 10.1. The molecule has 2 N–H and O–H groups in total. The van der Waals surface area contributed by atoms with Gasteiger partial charge in [-0.2, -0.15) is 0 Å². The fourth-order valence-corrected chi connectivity index (χ4v) is 2.77. The topological polar surface area (TPSA) is 93.0 Å². The summed E-state index contributed by atoms with van der Waals surface area (Å²) in [4.78, 5) is 19.1. The van der Waals surface area contributed by atoms with Crippen LogP contribution in [0.15, 0.2) is 48.8 Å². The van der Waals surface area contributed by atoms with Crippen molar-refractivity contribution < 1.29 is 4.92 Å². The lowest BCUT2D eigenvalue weighted by Gasteiger charge is -2.11. The number of hydrogen-bond donors (Lipinski definition) is 2. The molecule has 0 aliphatic carbocycles. The van der Waals surface area contributed by atoms with E-state index in [1.165, 1.54) is 6.33 Å². The van der Waals surface area contributed by atoms with Crippen LogP contribution in [-0.4, -0.2) is 14.9 Å². The van der Waals surface area contributed by atoms with Crippen molar-refractivity contribution in [2.45, 2.75) is 13.3 Å². The van der Waals surface area contributed by atoms with Crippen LogP contribution in [0, 0.1) is 10.1 Å². The Balaban J connectivity index is 1.97. The van der Waals surface area contributed by atoms with Crippen LogP contribution in [0.3, 0.4) is 0 Å². The normalized spacial score (nSPS) is 10.5. The highest BCUT2D eigenvalue weighted by molar-refractivity contribution is 6.43. The van der Waals surface area contributed by atoms with Gasteiger partial charge >= 0.3 is 5.69 Å². The molecule has 3 aromatic rings. The summed E-state index contributed by atoms with van der Waals surface area (Å²) in [6.45, 7) is 2.05. The predicted molar refractivity (Wildman–Crippen MR) is 108 cm³/mol. The van der Waals surface area contributed by atoms with Gasteiger partial charge in [-0.05, 0) is 36.2 Å². The second kappa shape index (κ2) is 8.20. The number of nitrogens with one attached hydrogen (secondary N) is 2. The van der Waals surface area contributed by atoms with Crippen molar-refractivity contribution >= 4 is 51.9 Å². The van der Waals surface area contributed by atoms with Gasteiger partial charge in [0, 0.05) is 5.69 Å². The van der Waals surface area contributed by atoms with E-state index in [0.717, 1.165) is 12.0 Å². The van der Waals surface area contributed by atoms with E-state index in [-0.39, 0.29) is 22.3 Å². The number of anilines is 4. The Hall–Kier alpha value is -2.90. The van der Waals surface area contributed by atoms with Gasteiger partial charge in [-0.15, -0.1) is 0 Å². The van der Waals surface area contributed by atoms with Crippen LogP contribution >= 0.6 is 23.2 Å². The molecular formula is C18H15Cl2N5O2. The quantitative estimate of drug-likeness (QED) is 0.402. The Morgan fingerprint density at radius 1 is 1.04 bits per heavy atom. The van der Waals surface area contributed by atoms with Gasteiger partial charge in [0.1, 0.15) is 6.33 Å². The van der Waals surface area contributed by atoms with Crippen LogP contribution in [0.4, 0.5) is 28.7 Å². The Bertz CT molecular complexity index is 980. The molecule has 0 aliphatic rings. The number of hydrogen-bond acceptors (Lipinski definition) is 6. The molecule has 1 aromatic heterocycles. The maximum Gasteiger partial charge on any atom is 0.353 e. The average Bonchev–Trinajstić information content (AvgIpc) is 2.66. The van der Waals surface area contributed by atoms with Crippen molar-refractivity contribution in [1.29, 1.82) is 0 Å². The number of aromatic nitrogens is 2. The van der Waals surface area contributed by atoms with E-state index in [1.54, 1.807) is 18.2 Å². The minimum Gasteiger partial charge on any atom is -0.334 e. The molecular weight excluding hydrogens is 389 g/mol. The molecule has 0 saturated carbocycles. The standard InChI is InChI=1S/C18H15Cl2N5O2/c1-2-11-6-8-12(9-7-11)23-17-16(25(26)27)18(22-10-21-17)24-14-5-3-4-13(19)15(14)20/h3-10H,2H2,1H3,(H2,21,22,23,24). The maximum absolute atomic E-state index is 11.7. The van der Waals surface area contributed by atoms with Crippen molar-refractivity contribution in [3.05, 3.63) is 74.5 Å². The van der Waals surface area contributed by atoms with Gasteiger partial charge in [0.2, 0.25) is 11.6 Å². The summed E-state index contributed by atoms with van der Waals surface area (Å²) in [6, 6.07) is 12.5. The van der Waals surface area contributed by atoms with Crippen LogP contribution in [0.5, 0.6) is 0 Å². The second-order valence-corrected chi connectivity index (χ2v) is 6.36. The SMILES string of the molecule is CCc1ccc(Nc2ncnc(Nc3cccc(Cl)c3Cl)c2[N+](=O)[O-])cc1. The molecule has 1 heterocycles. The molecule has 27 heavy (non-hydrogen) atoms. The first-order valence-corrected chi connectivity index (χ1v) is 8.81. The van der Waals surface area contributed by atoms with E-state index < -0.39 is 4.92 Å². The first-order valence-electron chi connectivity index (χ1n) is 8.06. The summed E-state index contributed by atoms with van der Waals surface area (Å²) >= 11 is 12.1. The molecule has 138 valence electrons. The Morgan fingerprint density at radius 3 is 2.33 bits per heavy atom. The summed E-state index contributed by atoms with van der Waals surface area (Å²) in [5.41, 5.74) is 1.95. The lowest BCUT2D eigenvalue weighted by molar-refractivity contribution is -0.383. The molecule has 0 spiro atoms. The van der Waals surface area contributed by atoms with E-state index in [4.69, 9.17) is 23.2 Å². The molecule has 0 saturated heterocycles. The molecule has 0 aliphatic heterocycles. The van der Waals surface area contributed by atoms with Gasteiger partial charge in [0.25, 0.3) is 0 Å². The van der Waals surface area contributed by atoms with Gasteiger partial charge in [0.15, 0.2) is 0 Å². The summed E-state index contributed by atoms with van der Waals surface area (Å²) in [5, 5.41) is 18.1. The zero-order valence-corrected chi connectivity index (χ0v) is 15.8. The molecule has 0 unspecified atom stereocenters. The van der Waals surface area contributed by atoms with E-state index in [1.807, 2.05) is 24.3 Å². The third kappa shape index (κ3) is 4.27. The second-order valence-electron chi connectivity index (χ2n) is 5.58. The molecule has 0 atom stereocenters. The minimum atomic E-state index is -0.552. The highest BCUT2D eigenvalue weighted by atomic mass is 35.5. The van der Waals surface area contributed by atoms with Crippen LogP contribution in [0.25, 0.3) is 0 Å². The minimum absolute atomic E-state index is 0.00634. The van der Waals surface area contributed by atoms with Gasteiger partial charge in [0.05, 0.1) is 20.7 Å². The van der Waals surface area contributed by atoms with Gasteiger partial charge in [-0.1, -0.05) is 48.3 Å². The van der Waals surface area contributed by atoms with Crippen LogP contribution < -0.4 is 10.6 Å². The van der Waals surface area contributed by atoms with Gasteiger partial charge in [-0.25, -0.2) is 9.97 Å². The fraction of sp³-hybridized carbons (Fsp3) is 0.111. The summed E-state index contributed by atoms with van der Waals surface area (Å²) in [7, 11) is 0. The smallest absolute Gasteiger partial charge is 0.334 e. The first-order chi connectivity index (χ1) is 13.0. The van der Waals surface area contributed by atoms with E-state index in [0.29, 0.717) is 16.4 Å². The summed E-state index contributed by atoms with van der Waals surface area (Å²) < 4.78 is 0. The van der Waals surface area contributed by atoms with E-state index in [9.17, 15) is 10.1 Å². The van der Waals surface area contributed by atoms with Crippen LogP contribution in [-0.2, 0) is 6.42 Å². The zero-order valence-electron chi connectivity index (χ0n) is 14.2. The molecule has 0 fully saturated rings. The van der Waals surface area contributed by atoms with E-state index >= 15 is 0 Å². The molecule has 0 radical (unpaired) electrons. The predicted octanol–water partition coefficient (Wildman–Crippen LogP) is 5.74. The van der Waals surface area contributed by atoms with Crippen molar-refractivity contribution in [2.24, 2.45) is 0 Å². The molecule has 9 heteroatoms. The highest BCUT2D eigenvalue weighted by Gasteiger charge is 2.24. The number of halogens is 2. The van der Waals surface area contributed by atoms with Crippen molar-refractivity contribution in [2.75, 3.05) is 10.6 Å². The summed E-state index contributed by atoms with van der Waals surface area (Å²) in [6.07, 6.45) is 2.14. The Labute approximate surface area is 165 Å². The average molecular weight is 404 g/mol. The Kier molecular flexibility index (Phi) is 5.73. The van der Waals surface area contributed by atoms with Crippen LogP contribution in [0.2, 0.25) is 10.0 Å². The fourth-order valence-electron chi connectivity index (χ4n) is 2.42. The maximum atomic E-state index is 11.7. The number of nitro groups is 1. The third-order valence-electron chi connectivity index (χ3n) is 3.83. The monoisotopic (exact) mass is 403 g/mol. The number of nitrogens with zero attached hydrogens (tertiary/aromatic N) is 3. The largest absolute Gasteiger partial charge is 0.353 e. The summed E-state index contributed by atoms with van der Waals surface area (Å²) in [5.74, 6) is 0.0757.